The van der Waals surface area contributed by atoms with Gasteiger partial charge in [-0.25, -0.2) is 0 Å². The SMILES string of the molecule is C=CCC[C@H]1OCCC[C@@H]1O[Si](C)(C)C(C)(C)C. The zero-order chi connectivity index (χ0) is 13.8. The Bertz CT molecular complexity index is 268. The first-order valence-electron chi connectivity index (χ1n) is 7.18. The average Bonchev–Trinajstić information content (AvgIpc) is 2.26. The minimum Gasteiger partial charge on any atom is -0.411 e. The third-order valence-electron chi connectivity index (χ3n) is 4.29. The van der Waals surface area contributed by atoms with Crippen LogP contribution in [0.25, 0.3) is 0 Å². The molecule has 0 amide bonds. The Morgan fingerprint density at radius 1 is 1.39 bits per heavy atom. The van der Waals surface area contributed by atoms with Gasteiger partial charge in [0.25, 0.3) is 0 Å². The number of hydrogen-bond acceptors (Lipinski definition) is 2. The van der Waals surface area contributed by atoms with E-state index in [0.29, 0.717) is 6.10 Å². The van der Waals surface area contributed by atoms with Crippen LogP contribution in [0, 0.1) is 0 Å². The van der Waals surface area contributed by atoms with E-state index >= 15 is 0 Å². The molecule has 0 radical (unpaired) electrons. The molecule has 1 aliphatic heterocycles. The summed E-state index contributed by atoms with van der Waals surface area (Å²) in [4.78, 5) is 0. The molecule has 0 aromatic rings. The lowest BCUT2D eigenvalue weighted by Crippen LogP contribution is -2.49. The highest BCUT2D eigenvalue weighted by molar-refractivity contribution is 6.74. The van der Waals surface area contributed by atoms with Crippen LogP contribution in [0.5, 0.6) is 0 Å². The Kier molecular flexibility index (Phi) is 5.62. The Hall–Kier alpha value is -0.123. The van der Waals surface area contributed by atoms with E-state index in [2.05, 4.69) is 40.4 Å². The molecule has 2 nitrogen and oxygen atoms in total. The van der Waals surface area contributed by atoms with Crippen LogP contribution in [0.2, 0.25) is 18.1 Å². The van der Waals surface area contributed by atoms with Crippen molar-refractivity contribution >= 4 is 8.32 Å². The Balaban J connectivity index is 2.64. The summed E-state index contributed by atoms with van der Waals surface area (Å²) in [5.41, 5.74) is 0. The molecule has 2 atom stereocenters. The van der Waals surface area contributed by atoms with Crippen molar-refractivity contribution in [1.82, 2.24) is 0 Å². The van der Waals surface area contributed by atoms with E-state index in [-0.39, 0.29) is 11.1 Å². The van der Waals surface area contributed by atoms with Crippen LogP contribution in [0.3, 0.4) is 0 Å². The molecule has 1 heterocycles. The van der Waals surface area contributed by atoms with Gasteiger partial charge in [0.2, 0.25) is 0 Å². The molecule has 0 unspecified atom stereocenters. The lowest BCUT2D eigenvalue weighted by molar-refractivity contribution is -0.0702. The largest absolute Gasteiger partial charge is 0.411 e. The number of allylic oxidation sites excluding steroid dienone is 1. The molecule has 18 heavy (non-hydrogen) atoms. The molecule has 0 saturated carbocycles. The molecular formula is C15H30O2Si. The van der Waals surface area contributed by atoms with Gasteiger partial charge in [-0.1, -0.05) is 26.8 Å². The molecule has 0 aromatic heterocycles. The van der Waals surface area contributed by atoms with E-state index < -0.39 is 8.32 Å². The van der Waals surface area contributed by atoms with Crippen LogP contribution in [0.1, 0.15) is 46.5 Å². The average molecular weight is 270 g/mol. The van der Waals surface area contributed by atoms with Gasteiger partial charge in [-0.05, 0) is 43.8 Å². The summed E-state index contributed by atoms with van der Waals surface area (Å²) in [5.74, 6) is 0. The van der Waals surface area contributed by atoms with Crippen molar-refractivity contribution in [2.75, 3.05) is 6.61 Å². The van der Waals surface area contributed by atoms with Crippen molar-refractivity contribution in [1.29, 1.82) is 0 Å². The van der Waals surface area contributed by atoms with Crippen LogP contribution in [-0.2, 0) is 9.16 Å². The smallest absolute Gasteiger partial charge is 0.192 e. The molecule has 3 heteroatoms. The Morgan fingerprint density at radius 2 is 2.06 bits per heavy atom. The zero-order valence-electron chi connectivity index (χ0n) is 12.8. The van der Waals surface area contributed by atoms with Crippen molar-refractivity contribution in [3.63, 3.8) is 0 Å². The van der Waals surface area contributed by atoms with Crippen molar-refractivity contribution in [3.8, 4) is 0 Å². The fourth-order valence-corrected chi connectivity index (χ4v) is 3.43. The van der Waals surface area contributed by atoms with E-state index in [4.69, 9.17) is 9.16 Å². The number of ether oxygens (including phenoxy) is 1. The molecule has 0 bridgehead atoms. The van der Waals surface area contributed by atoms with Crippen LogP contribution in [0.15, 0.2) is 12.7 Å². The maximum atomic E-state index is 6.53. The van der Waals surface area contributed by atoms with Crippen LogP contribution in [0.4, 0.5) is 0 Å². The predicted octanol–water partition coefficient (Wildman–Crippen LogP) is 4.52. The minimum atomic E-state index is -1.68. The highest BCUT2D eigenvalue weighted by atomic mass is 28.4. The maximum Gasteiger partial charge on any atom is 0.192 e. The van der Waals surface area contributed by atoms with E-state index in [1.54, 1.807) is 0 Å². The summed E-state index contributed by atoms with van der Waals surface area (Å²) in [5, 5.41) is 0.271. The van der Waals surface area contributed by atoms with Gasteiger partial charge >= 0.3 is 0 Å². The van der Waals surface area contributed by atoms with Gasteiger partial charge in [0.05, 0.1) is 12.2 Å². The summed E-state index contributed by atoms with van der Waals surface area (Å²) >= 11 is 0. The summed E-state index contributed by atoms with van der Waals surface area (Å²) < 4.78 is 12.4. The normalized spacial score (nSPS) is 26.1. The van der Waals surface area contributed by atoms with Gasteiger partial charge in [-0.15, -0.1) is 6.58 Å². The molecule has 1 saturated heterocycles. The van der Waals surface area contributed by atoms with Crippen molar-refractivity contribution in [2.45, 2.75) is 76.8 Å². The van der Waals surface area contributed by atoms with E-state index in [9.17, 15) is 0 Å². The van der Waals surface area contributed by atoms with Gasteiger partial charge in [0.15, 0.2) is 8.32 Å². The van der Waals surface area contributed by atoms with Crippen LogP contribution in [-0.4, -0.2) is 27.1 Å². The fourth-order valence-electron chi connectivity index (χ4n) is 2.05. The second-order valence-corrected chi connectivity index (χ2v) is 11.6. The standard InChI is InChI=1S/C15H30O2Si/c1-7-8-10-13-14(11-9-12-16-13)17-18(5,6)15(2,3)4/h7,13-14H,1,8-12H2,2-6H3/t13-,14+/m1/s1. The van der Waals surface area contributed by atoms with E-state index in [0.717, 1.165) is 32.3 Å². The van der Waals surface area contributed by atoms with Crippen molar-refractivity contribution < 1.29 is 9.16 Å². The van der Waals surface area contributed by atoms with Crippen molar-refractivity contribution in [2.24, 2.45) is 0 Å². The Morgan fingerprint density at radius 3 is 2.61 bits per heavy atom. The molecule has 0 aromatic carbocycles. The molecule has 1 fully saturated rings. The summed E-state index contributed by atoms with van der Waals surface area (Å²) in [6.45, 7) is 16.2. The quantitative estimate of drug-likeness (QED) is 0.540. The van der Waals surface area contributed by atoms with E-state index in [1.165, 1.54) is 0 Å². The second-order valence-electron chi connectivity index (χ2n) is 6.83. The highest BCUT2D eigenvalue weighted by Crippen LogP contribution is 2.39. The zero-order valence-corrected chi connectivity index (χ0v) is 13.8. The maximum absolute atomic E-state index is 6.53. The molecule has 0 aliphatic carbocycles. The van der Waals surface area contributed by atoms with Gasteiger partial charge in [0, 0.05) is 6.61 Å². The third kappa shape index (κ3) is 4.21. The minimum absolute atomic E-state index is 0.269. The fraction of sp³-hybridized carbons (Fsp3) is 0.867. The van der Waals surface area contributed by atoms with Crippen molar-refractivity contribution in [3.05, 3.63) is 12.7 Å². The number of rotatable bonds is 5. The van der Waals surface area contributed by atoms with Gasteiger partial charge in [0.1, 0.15) is 0 Å². The van der Waals surface area contributed by atoms with Crippen LogP contribution >= 0.6 is 0 Å². The first-order valence-corrected chi connectivity index (χ1v) is 10.1. The predicted molar refractivity (Wildman–Crippen MR) is 80.5 cm³/mol. The first-order chi connectivity index (χ1) is 8.28. The second kappa shape index (κ2) is 6.35. The molecule has 0 spiro atoms. The van der Waals surface area contributed by atoms with Gasteiger partial charge in [-0.2, -0.15) is 0 Å². The van der Waals surface area contributed by atoms with Crippen LogP contribution < -0.4 is 0 Å². The summed E-state index contributed by atoms with van der Waals surface area (Å²) in [6, 6.07) is 0. The highest BCUT2D eigenvalue weighted by Gasteiger charge is 2.41. The molecule has 0 N–H and O–H groups in total. The monoisotopic (exact) mass is 270 g/mol. The summed E-state index contributed by atoms with van der Waals surface area (Å²) in [7, 11) is -1.68. The van der Waals surface area contributed by atoms with Gasteiger partial charge in [-0.3, -0.25) is 0 Å². The topological polar surface area (TPSA) is 18.5 Å². The van der Waals surface area contributed by atoms with E-state index in [1.807, 2.05) is 6.08 Å². The third-order valence-corrected chi connectivity index (χ3v) is 8.79. The lowest BCUT2D eigenvalue weighted by Gasteiger charge is -2.42. The molecular weight excluding hydrogens is 240 g/mol. The molecule has 106 valence electrons. The lowest BCUT2D eigenvalue weighted by atomic mass is 10.0. The molecule has 1 aliphatic rings. The summed E-state index contributed by atoms with van der Waals surface area (Å²) in [6.07, 6.45) is 6.87. The number of hydrogen-bond donors (Lipinski definition) is 0. The van der Waals surface area contributed by atoms with Gasteiger partial charge < -0.3 is 9.16 Å². The Labute approximate surface area is 114 Å². The first kappa shape index (κ1) is 15.9. The molecule has 1 rings (SSSR count).